The molecule has 0 aliphatic carbocycles. The van der Waals surface area contributed by atoms with Gasteiger partial charge in [-0.25, -0.2) is 13.6 Å². The summed E-state index contributed by atoms with van der Waals surface area (Å²) in [7, 11) is 0. The molecule has 3 N–H and O–H groups in total. The van der Waals surface area contributed by atoms with Gasteiger partial charge in [-0.05, 0) is 49.7 Å². The minimum atomic E-state index is -0.639. The number of urea groups is 1. The number of nitrogens with one attached hydrogen (secondary N) is 3. The van der Waals surface area contributed by atoms with Crippen LogP contribution < -0.4 is 16.0 Å². The Hall–Kier alpha value is -2.96. The van der Waals surface area contributed by atoms with Gasteiger partial charge < -0.3 is 16.0 Å². The molecular weight excluding hydrogens is 328 g/mol. The minimum Gasteiger partial charge on any atom is -0.338 e. The highest BCUT2D eigenvalue weighted by Crippen LogP contribution is 2.21. The third-order valence-corrected chi connectivity index (χ3v) is 3.47. The molecule has 25 heavy (non-hydrogen) atoms. The van der Waals surface area contributed by atoms with Gasteiger partial charge >= 0.3 is 6.03 Å². The van der Waals surface area contributed by atoms with E-state index in [-0.39, 0.29) is 18.0 Å². The first-order valence-corrected chi connectivity index (χ1v) is 7.78. The van der Waals surface area contributed by atoms with Crippen LogP contribution in [0.5, 0.6) is 0 Å². The number of benzene rings is 2. The van der Waals surface area contributed by atoms with Crippen LogP contribution in [0.3, 0.4) is 0 Å². The summed E-state index contributed by atoms with van der Waals surface area (Å²) in [4.78, 5) is 23.7. The van der Waals surface area contributed by atoms with E-state index in [0.717, 1.165) is 23.8 Å². The summed E-state index contributed by atoms with van der Waals surface area (Å²) >= 11 is 0. The fourth-order valence-corrected chi connectivity index (χ4v) is 2.22. The Morgan fingerprint density at radius 2 is 1.80 bits per heavy atom. The van der Waals surface area contributed by atoms with Crippen LogP contribution in [0.4, 0.5) is 25.0 Å². The van der Waals surface area contributed by atoms with E-state index in [2.05, 4.69) is 16.0 Å². The number of halogens is 2. The van der Waals surface area contributed by atoms with Crippen LogP contribution in [0.25, 0.3) is 0 Å². The van der Waals surface area contributed by atoms with Crippen molar-refractivity contribution in [1.82, 2.24) is 5.32 Å². The maximum Gasteiger partial charge on any atom is 0.319 e. The molecule has 7 heteroatoms. The topological polar surface area (TPSA) is 70.2 Å². The van der Waals surface area contributed by atoms with E-state index < -0.39 is 17.5 Å². The molecule has 0 saturated carbocycles. The van der Waals surface area contributed by atoms with Gasteiger partial charge in [-0.1, -0.05) is 6.07 Å². The van der Waals surface area contributed by atoms with Gasteiger partial charge in [-0.3, -0.25) is 4.79 Å². The van der Waals surface area contributed by atoms with Crippen molar-refractivity contribution in [3.05, 3.63) is 59.2 Å². The first-order valence-electron chi connectivity index (χ1n) is 7.78. The number of rotatable bonds is 5. The summed E-state index contributed by atoms with van der Waals surface area (Å²) in [5.74, 6) is -1.73. The Bertz CT molecular complexity index is 794. The lowest BCUT2D eigenvalue weighted by Crippen LogP contribution is -2.28. The lowest BCUT2D eigenvalue weighted by molar-refractivity contribution is -0.115. The zero-order valence-corrected chi connectivity index (χ0v) is 14.0. The Morgan fingerprint density at radius 1 is 1.04 bits per heavy atom. The van der Waals surface area contributed by atoms with Gasteiger partial charge in [0.1, 0.15) is 11.6 Å². The van der Waals surface area contributed by atoms with Crippen LogP contribution in [0.15, 0.2) is 36.4 Å². The van der Waals surface area contributed by atoms with Gasteiger partial charge in [-0.2, -0.15) is 0 Å². The summed E-state index contributed by atoms with van der Waals surface area (Å²) in [6, 6.07) is 7.66. The Morgan fingerprint density at radius 3 is 2.52 bits per heavy atom. The van der Waals surface area contributed by atoms with Crippen LogP contribution in [0.2, 0.25) is 0 Å². The lowest BCUT2D eigenvalue weighted by atomic mass is 10.1. The molecule has 2 aromatic carbocycles. The summed E-state index contributed by atoms with van der Waals surface area (Å²) in [5.41, 5.74) is 1.74. The smallest absolute Gasteiger partial charge is 0.319 e. The van der Waals surface area contributed by atoms with Crippen molar-refractivity contribution in [2.24, 2.45) is 0 Å². The Balaban J connectivity index is 2.09. The fourth-order valence-electron chi connectivity index (χ4n) is 2.22. The van der Waals surface area contributed by atoms with Crippen LogP contribution in [0, 0.1) is 18.6 Å². The molecule has 0 aliphatic heterocycles. The summed E-state index contributed by atoms with van der Waals surface area (Å²) < 4.78 is 26.8. The molecule has 5 nitrogen and oxygen atoms in total. The third-order valence-electron chi connectivity index (χ3n) is 3.47. The minimum absolute atomic E-state index is 0.0215. The number of hydrogen-bond acceptors (Lipinski definition) is 2. The summed E-state index contributed by atoms with van der Waals surface area (Å²) in [5, 5.41) is 7.89. The van der Waals surface area contributed by atoms with Crippen LogP contribution >= 0.6 is 0 Å². The second-order valence-corrected chi connectivity index (χ2v) is 5.47. The molecule has 0 bridgehead atoms. The standard InChI is InChI=1S/C18H19F2N3O2/c1-3-21-18(25)22-14-6-4-11(2)16(10-14)23-17(24)9-12-8-13(19)5-7-15(12)20/h4-8,10H,3,9H2,1-2H3,(H,23,24)(H2,21,22,25). The number of hydrogen-bond donors (Lipinski definition) is 3. The van der Waals surface area contributed by atoms with Crippen molar-refractivity contribution in [3.63, 3.8) is 0 Å². The molecule has 2 rings (SSSR count). The zero-order chi connectivity index (χ0) is 18.4. The zero-order valence-electron chi connectivity index (χ0n) is 14.0. The van der Waals surface area contributed by atoms with Crippen LogP contribution in [-0.2, 0) is 11.2 Å². The predicted octanol–water partition coefficient (Wildman–Crippen LogP) is 3.60. The number of carbonyl (C=O) groups excluding carboxylic acids is 2. The highest BCUT2D eigenvalue weighted by molar-refractivity contribution is 5.95. The molecule has 0 aromatic heterocycles. The maximum absolute atomic E-state index is 13.6. The second kappa shape index (κ2) is 8.23. The molecule has 2 aromatic rings. The Kier molecular flexibility index (Phi) is 6.05. The van der Waals surface area contributed by atoms with E-state index in [4.69, 9.17) is 0 Å². The van der Waals surface area contributed by atoms with E-state index in [0.29, 0.717) is 17.9 Å². The fraction of sp³-hybridized carbons (Fsp3) is 0.222. The number of aryl methyl sites for hydroxylation is 1. The van der Waals surface area contributed by atoms with Gasteiger partial charge in [0.05, 0.1) is 6.42 Å². The van der Waals surface area contributed by atoms with Gasteiger partial charge in [0.25, 0.3) is 0 Å². The highest BCUT2D eigenvalue weighted by atomic mass is 19.1. The largest absolute Gasteiger partial charge is 0.338 e. The molecule has 0 atom stereocenters. The van der Waals surface area contributed by atoms with Crippen LogP contribution in [-0.4, -0.2) is 18.5 Å². The van der Waals surface area contributed by atoms with Gasteiger partial charge in [0, 0.05) is 23.5 Å². The molecule has 0 saturated heterocycles. The summed E-state index contributed by atoms with van der Waals surface area (Å²) in [6.45, 7) is 4.07. The first-order chi connectivity index (χ1) is 11.9. The number of anilines is 2. The van der Waals surface area contributed by atoms with Crippen molar-refractivity contribution in [1.29, 1.82) is 0 Å². The molecular formula is C18H19F2N3O2. The highest BCUT2D eigenvalue weighted by Gasteiger charge is 2.11. The normalized spacial score (nSPS) is 10.2. The van der Waals surface area contributed by atoms with E-state index >= 15 is 0 Å². The quantitative estimate of drug-likeness (QED) is 0.773. The van der Waals surface area contributed by atoms with E-state index in [1.54, 1.807) is 32.0 Å². The molecule has 0 heterocycles. The molecule has 0 fully saturated rings. The van der Waals surface area contributed by atoms with Gasteiger partial charge in [-0.15, -0.1) is 0 Å². The second-order valence-electron chi connectivity index (χ2n) is 5.47. The molecule has 3 amide bonds. The third kappa shape index (κ3) is 5.27. The van der Waals surface area contributed by atoms with Gasteiger partial charge in [0.2, 0.25) is 5.91 Å². The number of amides is 3. The molecule has 0 aliphatic rings. The molecule has 132 valence electrons. The maximum atomic E-state index is 13.6. The average Bonchev–Trinajstić information content (AvgIpc) is 2.54. The van der Waals surface area contributed by atoms with E-state index in [1.807, 2.05) is 0 Å². The predicted molar refractivity (Wildman–Crippen MR) is 92.6 cm³/mol. The Labute approximate surface area is 144 Å². The monoisotopic (exact) mass is 347 g/mol. The molecule has 0 radical (unpaired) electrons. The average molecular weight is 347 g/mol. The van der Waals surface area contributed by atoms with Crippen molar-refractivity contribution >= 4 is 23.3 Å². The summed E-state index contributed by atoms with van der Waals surface area (Å²) in [6.07, 6.45) is -0.295. The van der Waals surface area contributed by atoms with Crippen molar-refractivity contribution < 1.29 is 18.4 Å². The first kappa shape index (κ1) is 18.4. The molecule has 0 unspecified atom stereocenters. The number of carbonyl (C=O) groups is 2. The van der Waals surface area contributed by atoms with Crippen molar-refractivity contribution in [2.75, 3.05) is 17.2 Å². The van der Waals surface area contributed by atoms with Gasteiger partial charge in [0.15, 0.2) is 0 Å². The lowest BCUT2D eigenvalue weighted by Gasteiger charge is -2.12. The van der Waals surface area contributed by atoms with Crippen LogP contribution in [0.1, 0.15) is 18.1 Å². The van der Waals surface area contributed by atoms with E-state index in [9.17, 15) is 18.4 Å². The SMILES string of the molecule is CCNC(=O)Nc1ccc(C)c(NC(=O)Cc2cc(F)ccc2F)c1. The van der Waals surface area contributed by atoms with Crippen molar-refractivity contribution in [3.8, 4) is 0 Å². The molecule has 0 spiro atoms. The van der Waals surface area contributed by atoms with E-state index in [1.165, 1.54) is 0 Å². The van der Waals surface area contributed by atoms with Crippen molar-refractivity contribution in [2.45, 2.75) is 20.3 Å².